The molecule has 38 heavy (non-hydrogen) atoms. The number of unbranched alkanes of at least 4 members (excludes halogenated alkanes) is 4. The van der Waals surface area contributed by atoms with Gasteiger partial charge in [-0.15, -0.1) is 0 Å². The third-order valence-corrected chi connectivity index (χ3v) is 5.88. The Morgan fingerprint density at radius 1 is 0.947 bits per heavy atom. The summed E-state index contributed by atoms with van der Waals surface area (Å²) in [5.41, 5.74) is -2.02. The summed E-state index contributed by atoms with van der Waals surface area (Å²) < 4.78 is 68.4. The molecule has 7 nitrogen and oxygen atoms in total. The number of hydrogen-bond donors (Lipinski definition) is 1. The number of alkyl carbamates (subject to hydrolysis) is 1. The van der Waals surface area contributed by atoms with Crippen molar-refractivity contribution in [3.63, 3.8) is 0 Å². The van der Waals surface area contributed by atoms with E-state index in [0.717, 1.165) is 31.7 Å². The highest BCUT2D eigenvalue weighted by Gasteiger charge is 2.36. The SMILES string of the molecule is CCCCCCCOc1ccc(CCC(CCOC)(COCOC)NC(=O)OC(C)(C)C)cc1C(F)(F)F. The Bertz CT molecular complexity index is 813. The minimum absolute atomic E-state index is 0.00652. The Labute approximate surface area is 225 Å². The number of hydrogen-bond acceptors (Lipinski definition) is 6. The molecule has 0 aliphatic rings. The molecule has 0 heterocycles. The molecule has 1 N–H and O–H groups in total. The highest BCUT2D eigenvalue weighted by Crippen LogP contribution is 2.37. The van der Waals surface area contributed by atoms with Crippen molar-refractivity contribution < 1.29 is 41.7 Å². The molecule has 0 radical (unpaired) electrons. The average Bonchev–Trinajstić information content (AvgIpc) is 2.82. The first kappa shape index (κ1) is 34.0. The summed E-state index contributed by atoms with van der Waals surface area (Å²) >= 11 is 0. The van der Waals surface area contributed by atoms with Gasteiger partial charge in [0.05, 0.1) is 24.3 Å². The van der Waals surface area contributed by atoms with Gasteiger partial charge in [-0.25, -0.2) is 4.79 Å². The van der Waals surface area contributed by atoms with E-state index in [9.17, 15) is 18.0 Å². The number of methoxy groups -OCH3 is 2. The Morgan fingerprint density at radius 2 is 1.66 bits per heavy atom. The topological polar surface area (TPSA) is 75.3 Å². The molecule has 1 aromatic carbocycles. The van der Waals surface area contributed by atoms with Crippen molar-refractivity contribution in [3.05, 3.63) is 29.3 Å². The smallest absolute Gasteiger partial charge is 0.419 e. The second kappa shape index (κ2) is 16.8. The number of rotatable bonds is 18. The number of benzene rings is 1. The minimum Gasteiger partial charge on any atom is -0.493 e. The second-order valence-electron chi connectivity index (χ2n) is 10.5. The molecule has 1 rings (SSSR count). The summed E-state index contributed by atoms with van der Waals surface area (Å²) in [6, 6.07) is 4.13. The molecular weight excluding hydrogens is 503 g/mol. The molecule has 0 saturated heterocycles. The van der Waals surface area contributed by atoms with E-state index in [1.54, 1.807) is 26.8 Å². The second-order valence-corrected chi connectivity index (χ2v) is 10.5. The third kappa shape index (κ3) is 13.7. The van der Waals surface area contributed by atoms with Gasteiger partial charge < -0.3 is 29.0 Å². The lowest BCUT2D eigenvalue weighted by Gasteiger charge is -2.35. The maximum atomic E-state index is 13.9. The summed E-state index contributed by atoms with van der Waals surface area (Å²) in [4.78, 5) is 12.7. The van der Waals surface area contributed by atoms with Crippen LogP contribution >= 0.6 is 0 Å². The third-order valence-electron chi connectivity index (χ3n) is 5.88. The molecule has 1 aromatic rings. The lowest BCUT2D eigenvalue weighted by atomic mass is 9.88. The van der Waals surface area contributed by atoms with Crippen LogP contribution in [0.25, 0.3) is 0 Å². The molecule has 1 atom stereocenters. The zero-order chi connectivity index (χ0) is 28.7. The van der Waals surface area contributed by atoms with Crippen LogP contribution in [0.3, 0.4) is 0 Å². The van der Waals surface area contributed by atoms with Crippen LogP contribution < -0.4 is 10.1 Å². The molecule has 1 unspecified atom stereocenters. The average molecular weight is 550 g/mol. The minimum atomic E-state index is -4.56. The predicted octanol–water partition coefficient (Wildman–Crippen LogP) is 6.91. The van der Waals surface area contributed by atoms with Gasteiger partial charge in [-0.1, -0.05) is 38.7 Å². The van der Waals surface area contributed by atoms with E-state index < -0.39 is 29.0 Å². The number of ether oxygens (including phenoxy) is 5. The van der Waals surface area contributed by atoms with Crippen LogP contribution in [0.1, 0.15) is 83.8 Å². The van der Waals surface area contributed by atoms with E-state index in [-0.39, 0.29) is 38.6 Å². The predicted molar refractivity (Wildman–Crippen MR) is 140 cm³/mol. The van der Waals surface area contributed by atoms with Crippen LogP contribution in [0.5, 0.6) is 5.75 Å². The highest BCUT2D eigenvalue weighted by molar-refractivity contribution is 5.68. The van der Waals surface area contributed by atoms with Crippen LogP contribution in [-0.2, 0) is 31.5 Å². The number of aryl methyl sites for hydroxylation is 1. The molecule has 220 valence electrons. The number of alkyl halides is 3. The quantitative estimate of drug-likeness (QED) is 0.158. The highest BCUT2D eigenvalue weighted by atomic mass is 19.4. The van der Waals surface area contributed by atoms with E-state index in [4.69, 9.17) is 23.7 Å². The summed E-state index contributed by atoms with van der Waals surface area (Å²) in [6.07, 6.45) is 0.562. The molecule has 0 bridgehead atoms. The van der Waals surface area contributed by atoms with Gasteiger partial charge >= 0.3 is 12.3 Å². The van der Waals surface area contributed by atoms with Gasteiger partial charge in [-0.3, -0.25) is 0 Å². The van der Waals surface area contributed by atoms with Crippen molar-refractivity contribution in [1.82, 2.24) is 5.32 Å². The van der Waals surface area contributed by atoms with Crippen molar-refractivity contribution in [2.24, 2.45) is 0 Å². The van der Waals surface area contributed by atoms with Gasteiger partial charge in [0.25, 0.3) is 0 Å². The molecule has 0 saturated carbocycles. The number of amides is 1. The van der Waals surface area contributed by atoms with Gasteiger partial charge in [0.2, 0.25) is 0 Å². The van der Waals surface area contributed by atoms with Crippen LogP contribution in [0.2, 0.25) is 0 Å². The van der Waals surface area contributed by atoms with Gasteiger partial charge in [0.1, 0.15) is 18.1 Å². The van der Waals surface area contributed by atoms with Crippen molar-refractivity contribution in [3.8, 4) is 5.75 Å². The first-order chi connectivity index (χ1) is 17.9. The summed E-state index contributed by atoms with van der Waals surface area (Å²) in [5.74, 6) is -0.169. The lowest BCUT2D eigenvalue weighted by molar-refractivity contribution is -0.139. The Morgan fingerprint density at radius 3 is 2.26 bits per heavy atom. The van der Waals surface area contributed by atoms with Gasteiger partial charge in [0.15, 0.2) is 0 Å². The Balaban J connectivity index is 3.09. The maximum absolute atomic E-state index is 13.9. The number of halogens is 3. The van der Waals surface area contributed by atoms with Gasteiger partial charge in [-0.2, -0.15) is 13.2 Å². The van der Waals surface area contributed by atoms with Crippen molar-refractivity contribution >= 4 is 6.09 Å². The van der Waals surface area contributed by atoms with E-state index in [2.05, 4.69) is 12.2 Å². The fourth-order valence-corrected chi connectivity index (χ4v) is 3.92. The first-order valence-corrected chi connectivity index (χ1v) is 13.3. The van der Waals surface area contributed by atoms with E-state index in [0.29, 0.717) is 25.0 Å². The standard InChI is InChI=1S/C28H46F3NO6/c1-7-8-9-10-11-17-37-24-13-12-22(19-23(24)28(29,30)31)14-15-27(16-18-34-5,20-36-21-35-6)32-25(33)38-26(2,3)4/h12-13,19H,7-11,14-18,20-21H2,1-6H3,(H,32,33). The van der Waals surface area contributed by atoms with Crippen molar-refractivity contribution in [2.75, 3.05) is 40.8 Å². The summed E-state index contributed by atoms with van der Waals surface area (Å²) in [6.45, 7) is 7.95. The van der Waals surface area contributed by atoms with Crippen LogP contribution in [0.15, 0.2) is 18.2 Å². The van der Waals surface area contributed by atoms with Crippen LogP contribution in [-0.4, -0.2) is 58.1 Å². The fraction of sp³-hybridized carbons (Fsp3) is 0.750. The number of carbonyl (C=O) groups is 1. The zero-order valence-electron chi connectivity index (χ0n) is 23.8. The molecule has 10 heteroatoms. The summed E-state index contributed by atoms with van der Waals surface area (Å²) in [7, 11) is 3.01. The van der Waals surface area contributed by atoms with Crippen LogP contribution in [0, 0.1) is 0 Å². The Kier molecular flexibility index (Phi) is 15.0. The molecule has 1 amide bonds. The molecular formula is C28H46F3NO6. The molecule has 0 fully saturated rings. The van der Waals surface area contributed by atoms with Crippen molar-refractivity contribution in [1.29, 1.82) is 0 Å². The van der Waals surface area contributed by atoms with Gasteiger partial charge in [0, 0.05) is 20.8 Å². The van der Waals surface area contributed by atoms with Crippen LogP contribution in [0.4, 0.5) is 18.0 Å². The lowest BCUT2D eigenvalue weighted by Crippen LogP contribution is -2.54. The largest absolute Gasteiger partial charge is 0.493 e. The molecule has 0 spiro atoms. The maximum Gasteiger partial charge on any atom is 0.419 e. The number of carbonyl (C=O) groups excluding carboxylic acids is 1. The molecule has 0 aliphatic heterocycles. The normalized spacial score (nSPS) is 13.7. The fourth-order valence-electron chi connectivity index (χ4n) is 3.92. The van der Waals surface area contributed by atoms with E-state index >= 15 is 0 Å². The zero-order valence-corrected chi connectivity index (χ0v) is 23.8. The first-order valence-electron chi connectivity index (χ1n) is 13.3. The Hall–Kier alpha value is -2.04. The van der Waals surface area contributed by atoms with Gasteiger partial charge in [-0.05, 0) is 64.2 Å². The monoisotopic (exact) mass is 549 g/mol. The molecule has 0 aromatic heterocycles. The van der Waals surface area contributed by atoms with E-state index in [1.165, 1.54) is 20.3 Å². The molecule has 0 aliphatic carbocycles. The van der Waals surface area contributed by atoms with Crippen molar-refractivity contribution in [2.45, 2.75) is 96.4 Å². The summed E-state index contributed by atoms with van der Waals surface area (Å²) in [5, 5.41) is 2.89. The number of nitrogens with one attached hydrogen (secondary N) is 1. The van der Waals surface area contributed by atoms with E-state index in [1.807, 2.05) is 0 Å².